The number of carboxylic acids is 2. The lowest BCUT2D eigenvalue weighted by atomic mass is 10.0. The van der Waals surface area contributed by atoms with Crippen molar-refractivity contribution < 1.29 is 38.7 Å². The molecule has 1 rings (SSSR count). The first-order valence-corrected chi connectivity index (χ1v) is 11.6. The highest BCUT2D eigenvalue weighted by atomic mass is 16.5. The number of hydrogen-bond acceptors (Lipinski definition) is 7. The van der Waals surface area contributed by atoms with Gasteiger partial charge in [0.2, 0.25) is 11.8 Å². The second-order valence-corrected chi connectivity index (χ2v) is 7.46. The van der Waals surface area contributed by atoms with E-state index in [-0.39, 0.29) is 25.7 Å². The molecule has 0 unspecified atom stereocenters. The number of nitrogens with two attached hydrogens (primary N) is 1. The predicted molar refractivity (Wildman–Crippen MR) is 144 cm³/mol. The van der Waals surface area contributed by atoms with Crippen molar-refractivity contribution in [2.75, 3.05) is 0 Å². The van der Waals surface area contributed by atoms with Crippen LogP contribution in [0.4, 0.5) is 0 Å². The topological polar surface area (TPSA) is 190 Å². The van der Waals surface area contributed by atoms with Gasteiger partial charge in [0.15, 0.2) is 5.78 Å². The molecule has 0 aliphatic rings. The van der Waals surface area contributed by atoms with Crippen LogP contribution in [-0.4, -0.2) is 50.9 Å². The van der Waals surface area contributed by atoms with E-state index in [1.807, 2.05) is 37.3 Å². The zero-order chi connectivity index (χ0) is 29.3. The van der Waals surface area contributed by atoms with E-state index >= 15 is 0 Å². The summed E-state index contributed by atoms with van der Waals surface area (Å²) in [5.41, 5.74) is 5.59. The maximum atomic E-state index is 12.0. The van der Waals surface area contributed by atoms with Gasteiger partial charge in [-0.2, -0.15) is 0 Å². The molecule has 1 atom stereocenters. The van der Waals surface area contributed by atoms with Gasteiger partial charge < -0.3 is 25.8 Å². The number of carbonyl (C=O) groups is 5. The monoisotopic (exact) mass is 531 g/mol. The molecule has 0 saturated carbocycles. The Labute approximate surface area is 222 Å². The van der Waals surface area contributed by atoms with E-state index in [1.54, 1.807) is 24.3 Å². The third-order valence-electron chi connectivity index (χ3n) is 4.03. The van der Waals surface area contributed by atoms with Crippen LogP contribution in [0.3, 0.4) is 0 Å². The van der Waals surface area contributed by atoms with Gasteiger partial charge in [-0.25, -0.2) is 0 Å². The van der Waals surface area contributed by atoms with Crippen LogP contribution in [0, 0.1) is 0 Å². The Kier molecular flexibility index (Phi) is 21.5. The van der Waals surface area contributed by atoms with E-state index in [0.29, 0.717) is 11.5 Å². The predicted octanol–water partition coefficient (Wildman–Crippen LogP) is 3.39. The number of nitrogens with one attached hydrogen (secondary N) is 1. The number of hydrogen-bond donors (Lipinski definition) is 4. The fraction of sp³-hybridized carbons (Fsp3) is 0.333. The molecule has 0 saturated heterocycles. The van der Waals surface area contributed by atoms with Gasteiger partial charge in [0.05, 0.1) is 12.5 Å². The van der Waals surface area contributed by atoms with Crippen LogP contribution < -0.4 is 11.1 Å². The van der Waals surface area contributed by atoms with Crippen LogP contribution in [0.15, 0.2) is 66.3 Å². The first-order chi connectivity index (χ1) is 18.0. The highest BCUT2D eigenvalue weighted by Crippen LogP contribution is 2.08. The van der Waals surface area contributed by atoms with Crippen LogP contribution >= 0.6 is 0 Å². The molecule has 208 valence electrons. The van der Waals surface area contributed by atoms with Crippen molar-refractivity contribution in [3.63, 3.8) is 0 Å². The lowest BCUT2D eigenvalue weighted by Crippen LogP contribution is -2.42. The van der Waals surface area contributed by atoms with Crippen molar-refractivity contribution in [3.8, 4) is 0 Å². The number of nitrogens with zero attached hydrogens (tertiary/aromatic N) is 1. The van der Waals surface area contributed by atoms with Gasteiger partial charge >= 0.3 is 5.97 Å². The lowest BCUT2D eigenvalue weighted by molar-refractivity contribution is -0.140. The zero-order valence-electron chi connectivity index (χ0n) is 21.8. The van der Waals surface area contributed by atoms with Crippen molar-refractivity contribution in [2.24, 2.45) is 5.73 Å². The summed E-state index contributed by atoms with van der Waals surface area (Å²) in [6, 6.07) is 0.484. The smallest absolute Gasteiger partial charge is 0.305 e. The zero-order valence-corrected chi connectivity index (χ0v) is 21.8. The lowest BCUT2D eigenvalue weighted by Gasteiger charge is -2.15. The highest BCUT2D eigenvalue weighted by Gasteiger charge is 2.23. The van der Waals surface area contributed by atoms with Crippen molar-refractivity contribution in [1.82, 2.24) is 10.5 Å². The largest absolute Gasteiger partial charge is 0.481 e. The first kappa shape index (κ1) is 35.6. The van der Waals surface area contributed by atoms with Gasteiger partial charge in [0.25, 0.3) is 5.97 Å². The first-order valence-electron chi connectivity index (χ1n) is 11.6. The highest BCUT2D eigenvalue weighted by molar-refractivity contribution is 5.93. The number of rotatable bonds is 15. The molecule has 38 heavy (non-hydrogen) atoms. The minimum atomic E-state index is -1.23. The average Bonchev–Trinajstić information content (AvgIpc) is 3.28. The Bertz CT molecular complexity index is 1000. The standard InChI is InChI=1S/C16H21N3O6.C9H12.C2H4O2/c1-2-3-10-8-11(25-19-10)4-7-15(22)18-12(9-16(23)24)13(20)5-6-14(17)21;1-3-5-7-9-8-6-4-2;1-2(3)4/h2-3,8,12H,4-7,9H2,1H3,(H2,17,21)(H,18,22)(H,23,24);3-5,7-9H,1-2,6H2;1H3,(H,3,4)/b3-2+;7-5-,9-8+;/t12-;;/m0../s1. The summed E-state index contributed by atoms with van der Waals surface area (Å²) in [5.74, 6) is -3.29. The molecule has 0 bridgehead atoms. The fourth-order valence-electron chi connectivity index (χ4n) is 2.44. The van der Waals surface area contributed by atoms with Gasteiger partial charge in [-0.1, -0.05) is 54.3 Å². The molecule has 1 aromatic rings. The van der Waals surface area contributed by atoms with E-state index in [4.69, 9.17) is 25.3 Å². The Morgan fingerprint density at radius 2 is 1.76 bits per heavy atom. The minimum absolute atomic E-state index is 0.00366. The second kappa shape index (κ2) is 22.9. The molecular formula is C27H37N3O8. The number of Topliss-reactive ketones (excluding diaryl/α,β-unsaturated/α-hetero) is 1. The molecule has 0 aliphatic carbocycles. The van der Waals surface area contributed by atoms with Crippen LogP contribution in [0.1, 0.15) is 57.4 Å². The number of aromatic nitrogens is 1. The molecule has 0 radical (unpaired) electrons. The van der Waals surface area contributed by atoms with Gasteiger partial charge in [-0.05, 0) is 19.4 Å². The number of aliphatic carboxylic acids is 2. The van der Waals surface area contributed by atoms with Gasteiger partial charge in [0.1, 0.15) is 11.5 Å². The van der Waals surface area contributed by atoms with Crippen LogP contribution in [-0.2, 0) is 30.4 Å². The Balaban J connectivity index is 0. The summed E-state index contributed by atoms with van der Waals surface area (Å²) in [6.45, 7) is 10.0. The summed E-state index contributed by atoms with van der Waals surface area (Å²) >= 11 is 0. The number of amides is 2. The fourth-order valence-corrected chi connectivity index (χ4v) is 2.44. The molecule has 0 spiro atoms. The van der Waals surface area contributed by atoms with Crippen molar-refractivity contribution in [2.45, 2.75) is 58.4 Å². The van der Waals surface area contributed by atoms with Crippen molar-refractivity contribution >= 4 is 35.6 Å². The number of ketones is 1. The van der Waals surface area contributed by atoms with Crippen LogP contribution in [0.2, 0.25) is 0 Å². The summed E-state index contributed by atoms with van der Waals surface area (Å²) in [5, 5.41) is 22.4. The maximum Gasteiger partial charge on any atom is 0.305 e. The van der Waals surface area contributed by atoms with Gasteiger partial charge in [0, 0.05) is 38.7 Å². The van der Waals surface area contributed by atoms with E-state index in [1.165, 1.54) is 0 Å². The van der Waals surface area contributed by atoms with Crippen molar-refractivity contribution in [1.29, 1.82) is 0 Å². The molecule has 1 heterocycles. The Morgan fingerprint density at radius 3 is 2.29 bits per heavy atom. The molecule has 0 fully saturated rings. The normalized spacial score (nSPS) is 11.1. The summed E-state index contributed by atoms with van der Waals surface area (Å²) in [6.07, 6.45) is 15.2. The third kappa shape index (κ3) is 23.2. The molecule has 5 N–H and O–H groups in total. The second-order valence-electron chi connectivity index (χ2n) is 7.46. The summed E-state index contributed by atoms with van der Waals surface area (Å²) < 4.78 is 5.06. The molecule has 11 nitrogen and oxygen atoms in total. The van der Waals surface area contributed by atoms with Crippen LogP contribution in [0.5, 0.6) is 0 Å². The maximum absolute atomic E-state index is 12.0. The van der Waals surface area contributed by atoms with E-state index in [9.17, 15) is 19.2 Å². The quantitative estimate of drug-likeness (QED) is 0.194. The number of aryl methyl sites for hydroxylation is 1. The molecule has 1 aromatic heterocycles. The van der Waals surface area contributed by atoms with Gasteiger partial charge in [-0.3, -0.25) is 24.0 Å². The Hall–Kier alpha value is -4.54. The van der Waals surface area contributed by atoms with E-state index < -0.39 is 42.0 Å². The SMILES string of the molecule is C/C=C/c1cc(CCC(=O)N[C@@H](CC(=O)O)C(=O)CCC(N)=O)on1.C=C/C=C\C=C\CC=C.CC(=O)O. The number of primary amides is 1. The number of carbonyl (C=O) groups excluding carboxylic acids is 3. The molecule has 2 amide bonds. The number of allylic oxidation sites excluding steroid dienone is 7. The van der Waals surface area contributed by atoms with Gasteiger partial charge in [-0.15, -0.1) is 6.58 Å². The van der Waals surface area contributed by atoms with E-state index in [2.05, 4.69) is 23.6 Å². The number of carboxylic acid groups (broad SMARTS) is 2. The van der Waals surface area contributed by atoms with E-state index in [0.717, 1.165) is 13.3 Å². The minimum Gasteiger partial charge on any atom is -0.481 e. The summed E-state index contributed by atoms with van der Waals surface area (Å²) in [7, 11) is 0. The average molecular weight is 532 g/mol. The summed E-state index contributed by atoms with van der Waals surface area (Å²) in [4.78, 5) is 54.5. The molecular weight excluding hydrogens is 494 g/mol. The Morgan fingerprint density at radius 1 is 1.11 bits per heavy atom. The molecule has 0 aromatic carbocycles. The van der Waals surface area contributed by atoms with Crippen molar-refractivity contribution in [3.05, 3.63) is 73.2 Å². The van der Waals surface area contributed by atoms with Crippen LogP contribution in [0.25, 0.3) is 6.08 Å². The third-order valence-corrected chi connectivity index (χ3v) is 4.03. The molecule has 0 aliphatic heterocycles. The molecule has 11 heteroatoms.